The highest BCUT2D eigenvalue weighted by atomic mass is 16.2. The van der Waals surface area contributed by atoms with Crippen molar-refractivity contribution in [1.82, 2.24) is 9.88 Å². The van der Waals surface area contributed by atoms with Crippen LogP contribution in [0.4, 0.5) is 11.5 Å². The lowest BCUT2D eigenvalue weighted by molar-refractivity contribution is 0.0741. The molecule has 1 aromatic carbocycles. The summed E-state index contributed by atoms with van der Waals surface area (Å²) in [7, 11) is 0. The summed E-state index contributed by atoms with van der Waals surface area (Å²) in [6.45, 7) is 7.34. The Labute approximate surface area is 136 Å². The van der Waals surface area contributed by atoms with E-state index in [0.717, 1.165) is 13.1 Å². The lowest BCUT2D eigenvalue weighted by atomic mass is 10.1. The van der Waals surface area contributed by atoms with Gasteiger partial charge in [0.15, 0.2) is 0 Å². The van der Waals surface area contributed by atoms with Gasteiger partial charge in [0.05, 0.1) is 0 Å². The molecule has 1 aliphatic rings. The first-order valence-electron chi connectivity index (χ1n) is 7.89. The van der Waals surface area contributed by atoms with Crippen LogP contribution in [-0.2, 0) is 0 Å². The van der Waals surface area contributed by atoms with Gasteiger partial charge in [-0.1, -0.05) is 18.2 Å². The number of piperazine rings is 1. The molecule has 0 radical (unpaired) electrons. The SMILES string of the molecule is Cc1cccc(N2CCN(C(=O)c3cccc(N)n3)CC2)c1C. The van der Waals surface area contributed by atoms with Crippen molar-refractivity contribution in [3.8, 4) is 0 Å². The van der Waals surface area contributed by atoms with E-state index < -0.39 is 0 Å². The van der Waals surface area contributed by atoms with Gasteiger partial charge in [-0.15, -0.1) is 0 Å². The van der Waals surface area contributed by atoms with E-state index in [1.807, 2.05) is 4.90 Å². The third-order valence-corrected chi connectivity index (χ3v) is 4.47. The minimum absolute atomic E-state index is 0.0436. The second kappa shape index (κ2) is 6.28. The summed E-state index contributed by atoms with van der Waals surface area (Å²) in [6, 6.07) is 11.5. The van der Waals surface area contributed by atoms with Crippen LogP contribution in [0.2, 0.25) is 0 Å². The van der Waals surface area contributed by atoms with Crippen molar-refractivity contribution in [2.45, 2.75) is 13.8 Å². The number of anilines is 2. The Morgan fingerprint density at radius 1 is 1.04 bits per heavy atom. The lowest BCUT2D eigenvalue weighted by Crippen LogP contribution is -2.49. The molecule has 2 N–H and O–H groups in total. The van der Waals surface area contributed by atoms with E-state index in [4.69, 9.17) is 5.73 Å². The zero-order valence-electron chi connectivity index (χ0n) is 13.6. The molecule has 1 fully saturated rings. The molecule has 2 heterocycles. The van der Waals surface area contributed by atoms with Gasteiger partial charge in [0.25, 0.3) is 5.91 Å². The molecule has 1 saturated heterocycles. The molecule has 2 aromatic rings. The first-order chi connectivity index (χ1) is 11.1. The molecule has 0 saturated carbocycles. The molecule has 0 unspecified atom stereocenters. The largest absolute Gasteiger partial charge is 0.384 e. The van der Waals surface area contributed by atoms with E-state index in [1.165, 1.54) is 16.8 Å². The Morgan fingerprint density at radius 2 is 1.74 bits per heavy atom. The van der Waals surface area contributed by atoms with Crippen molar-refractivity contribution >= 4 is 17.4 Å². The van der Waals surface area contributed by atoms with Crippen molar-refractivity contribution in [3.63, 3.8) is 0 Å². The second-order valence-electron chi connectivity index (χ2n) is 5.95. The Morgan fingerprint density at radius 3 is 2.43 bits per heavy atom. The molecule has 5 heteroatoms. The minimum atomic E-state index is -0.0436. The first kappa shape index (κ1) is 15.3. The quantitative estimate of drug-likeness (QED) is 0.924. The molecule has 1 aliphatic heterocycles. The predicted octanol–water partition coefficient (Wildman–Crippen LogP) is 2.24. The number of aryl methyl sites for hydroxylation is 1. The average Bonchev–Trinajstić information content (AvgIpc) is 2.57. The fourth-order valence-electron chi connectivity index (χ4n) is 2.96. The van der Waals surface area contributed by atoms with E-state index in [9.17, 15) is 4.79 Å². The summed E-state index contributed by atoms with van der Waals surface area (Å²) >= 11 is 0. The summed E-state index contributed by atoms with van der Waals surface area (Å²) in [5.74, 6) is 0.336. The number of nitrogen functional groups attached to an aromatic ring is 1. The van der Waals surface area contributed by atoms with Gasteiger partial charge in [-0.05, 0) is 43.2 Å². The molecule has 3 rings (SSSR count). The topological polar surface area (TPSA) is 62.5 Å². The van der Waals surface area contributed by atoms with Gasteiger partial charge in [-0.3, -0.25) is 4.79 Å². The number of benzene rings is 1. The van der Waals surface area contributed by atoms with Gasteiger partial charge in [0, 0.05) is 31.9 Å². The van der Waals surface area contributed by atoms with Crippen LogP contribution in [0.3, 0.4) is 0 Å². The molecular formula is C18H22N4O. The molecule has 5 nitrogen and oxygen atoms in total. The molecule has 0 aliphatic carbocycles. The van der Waals surface area contributed by atoms with Crippen LogP contribution < -0.4 is 10.6 Å². The van der Waals surface area contributed by atoms with Crippen molar-refractivity contribution in [2.24, 2.45) is 0 Å². The number of hydrogen-bond donors (Lipinski definition) is 1. The minimum Gasteiger partial charge on any atom is -0.384 e. The lowest BCUT2D eigenvalue weighted by Gasteiger charge is -2.37. The Bertz CT molecular complexity index is 721. The van der Waals surface area contributed by atoms with Crippen LogP contribution in [0.5, 0.6) is 0 Å². The van der Waals surface area contributed by atoms with Crippen LogP contribution >= 0.6 is 0 Å². The monoisotopic (exact) mass is 310 g/mol. The third kappa shape index (κ3) is 3.13. The number of nitrogens with two attached hydrogens (primary N) is 1. The Balaban J connectivity index is 1.69. The maximum atomic E-state index is 12.5. The molecule has 1 amide bonds. The van der Waals surface area contributed by atoms with Gasteiger partial charge in [0.1, 0.15) is 11.5 Å². The number of pyridine rings is 1. The molecular weight excluding hydrogens is 288 g/mol. The van der Waals surface area contributed by atoms with E-state index in [-0.39, 0.29) is 5.91 Å². The smallest absolute Gasteiger partial charge is 0.272 e. The highest BCUT2D eigenvalue weighted by molar-refractivity contribution is 5.92. The maximum absolute atomic E-state index is 12.5. The molecule has 0 bridgehead atoms. The molecule has 0 spiro atoms. The number of carbonyl (C=O) groups is 1. The highest BCUT2D eigenvalue weighted by Gasteiger charge is 2.23. The van der Waals surface area contributed by atoms with Gasteiger partial charge >= 0.3 is 0 Å². The van der Waals surface area contributed by atoms with Gasteiger partial charge in [0.2, 0.25) is 0 Å². The number of aromatic nitrogens is 1. The summed E-state index contributed by atoms with van der Waals surface area (Å²) in [4.78, 5) is 20.8. The summed E-state index contributed by atoms with van der Waals surface area (Å²) in [5, 5.41) is 0. The Kier molecular flexibility index (Phi) is 4.19. The van der Waals surface area contributed by atoms with Gasteiger partial charge < -0.3 is 15.5 Å². The van der Waals surface area contributed by atoms with Crippen LogP contribution in [0, 0.1) is 13.8 Å². The summed E-state index contributed by atoms with van der Waals surface area (Å²) in [5.41, 5.74) is 9.96. The predicted molar refractivity (Wildman–Crippen MR) is 92.7 cm³/mol. The van der Waals surface area contributed by atoms with E-state index in [1.54, 1.807) is 18.2 Å². The summed E-state index contributed by atoms with van der Waals surface area (Å²) in [6.07, 6.45) is 0. The third-order valence-electron chi connectivity index (χ3n) is 4.47. The van der Waals surface area contributed by atoms with E-state index in [2.05, 4.69) is 41.9 Å². The van der Waals surface area contributed by atoms with Crippen LogP contribution in [-0.4, -0.2) is 42.0 Å². The Hall–Kier alpha value is -2.56. The fourth-order valence-corrected chi connectivity index (χ4v) is 2.96. The van der Waals surface area contributed by atoms with Crippen LogP contribution in [0.25, 0.3) is 0 Å². The normalized spacial score (nSPS) is 14.9. The van der Waals surface area contributed by atoms with Crippen LogP contribution in [0.1, 0.15) is 21.6 Å². The molecule has 1 aromatic heterocycles. The van der Waals surface area contributed by atoms with Crippen molar-refractivity contribution < 1.29 is 4.79 Å². The zero-order valence-corrected chi connectivity index (χ0v) is 13.6. The number of amides is 1. The van der Waals surface area contributed by atoms with Gasteiger partial charge in [-0.2, -0.15) is 0 Å². The van der Waals surface area contributed by atoms with Crippen molar-refractivity contribution in [1.29, 1.82) is 0 Å². The van der Waals surface area contributed by atoms with E-state index in [0.29, 0.717) is 24.6 Å². The first-order valence-corrected chi connectivity index (χ1v) is 7.89. The molecule has 23 heavy (non-hydrogen) atoms. The highest BCUT2D eigenvalue weighted by Crippen LogP contribution is 2.24. The standard InChI is InChI=1S/C18H22N4O/c1-13-5-3-7-16(14(13)2)21-9-11-22(12-10-21)18(23)15-6-4-8-17(19)20-15/h3-8H,9-12H2,1-2H3,(H2,19,20). The zero-order chi connectivity index (χ0) is 16.4. The number of hydrogen-bond acceptors (Lipinski definition) is 4. The van der Waals surface area contributed by atoms with Crippen LogP contribution in [0.15, 0.2) is 36.4 Å². The number of nitrogens with zero attached hydrogens (tertiary/aromatic N) is 3. The maximum Gasteiger partial charge on any atom is 0.272 e. The van der Waals surface area contributed by atoms with Crippen molar-refractivity contribution in [3.05, 3.63) is 53.2 Å². The summed E-state index contributed by atoms with van der Waals surface area (Å²) < 4.78 is 0. The van der Waals surface area contributed by atoms with Crippen molar-refractivity contribution in [2.75, 3.05) is 36.8 Å². The fraction of sp³-hybridized carbons (Fsp3) is 0.333. The van der Waals surface area contributed by atoms with E-state index >= 15 is 0 Å². The van der Waals surface area contributed by atoms with Gasteiger partial charge in [-0.25, -0.2) is 4.98 Å². The number of rotatable bonds is 2. The molecule has 0 atom stereocenters. The second-order valence-corrected chi connectivity index (χ2v) is 5.95. The molecule has 120 valence electrons. The average molecular weight is 310 g/mol. The number of carbonyl (C=O) groups excluding carboxylic acids is 1.